The Hall–Kier alpha value is -4.72. The highest BCUT2D eigenvalue weighted by Crippen LogP contribution is 2.31. The van der Waals surface area contributed by atoms with Crippen molar-refractivity contribution in [3.8, 4) is 22.6 Å². The van der Waals surface area contributed by atoms with E-state index in [0.29, 0.717) is 45.1 Å². The number of H-pyrrole nitrogens is 1. The van der Waals surface area contributed by atoms with Crippen molar-refractivity contribution in [1.82, 2.24) is 15.0 Å². The molecule has 0 unspecified atom stereocenters. The Bertz CT molecular complexity index is 1570. The molecular formula is C28H26FN5O2. The Balaban J connectivity index is 0.00000148. The fraction of sp³-hybridized carbons (Fsp3) is 0.107. The van der Waals surface area contributed by atoms with Crippen LogP contribution in [-0.4, -0.2) is 15.0 Å². The molecule has 8 heteroatoms. The van der Waals surface area contributed by atoms with Gasteiger partial charge in [0.2, 0.25) is 5.43 Å². The van der Waals surface area contributed by atoms with Crippen LogP contribution in [0.15, 0.2) is 84.0 Å². The molecule has 5 rings (SSSR count). The average molecular weight is 484 g/mol. The van der Waals surface area contributed by atoms with Crippen LogP contribution in [0.3, 0.4) is 0 Å². The van der Waals surface area contributed by atoms with Gasteiger partial charge in [0.15, 0.2) is 11.6 Å². The molecule has 7 nitrogen and oxygen atoms in total. The van der Waals surface area contributed by atoms with Crippen molar-refractivity contribution in [3.05, 3.63) is 101 Å². The smallest absolute Gasteiger partial charge is 0.200 e. The molecule has 0 aliphatic carbocycles. The van der Waals surface area contributed by atoms with Crippen LogP contribution in [0, 0.1) is 12.7 Å². The summed E-state index contributed by atoms with van der Waals surface area (Å²) in [5, 5.41) is 3.44. The third-order valence-electron chi connectivity index (χ3n) is 5.49. The maximum absolute atomic E-state index is 14.8. The number of nitrogens with two attached hydrogens (primary N) is 1. The molecular weight excluding hydrogens is 457 g/mol. The van der Waals surface area contributed by atoms with E-state index in [4.69, 9.17) is 10.5 Å². The summed E-state index contributed by atoms with van der Waals surface area (Å²) in [6.07, 6.45) is 4.76. The zero-order valence-electron chi connectivity index (χ0n) is 20.2. The Morgan fingerprint density at radius 3 is 2.47 bits per heavy atom. The van der Waals surface area contributed by atoms with E-state index in [1.807, 2.05) is 44.2 Å². The predicted octanol–water partition coefficient (Wildman–Crippen LogP) is 6.58. The lowest BCUT2D eigenvalue weighted by molar-refractivity contribution is 0.439. The van der Waals surface area contributed by atoms with E-state index in [1.54, 1.807) is 37.5 Å². The Morgan fingerprint density at radius 2 is 1.72 bits per heavy atom. The molecule has 3 heterocycles. The first-order valence-electron chi connectivity index (χ1n) is 11.5. The van der Waals surface area contributed by atoms with E-state index in [2.05, 4.69) is 20.3 Å². The molecule has 2 aromatic carbocycles. The number of aromatic nitrogens is 3. The van der Waals surface area contributed by atoms with E-state index in [0.717, 1.165) is 5.56 Å². The molecule has 0 saturated carbocycles. The van der Waals surface area contributed by atoms with Gasteiger partial charge in [0.1, 0.15) is 17.4 Å². The number of ether oxygens (including phenoxy) is 1. The number of pyridine rings is 3. The highest BCUT2D eigenvalue weighted by Gasteiger charge is 2.14. The van der Waals surface area contributed by atoms with Gasteiger partial charge in [-0.05, 0) is 36.8 Å². The zero-order valence-corrected chi connectivity index (χ0v) is 20.2. The summed E-state index contributed by atoms with van der Waals surface area (Å²) in [5.41, 5.74) is 8.59. The fourth-order valence-electron chi connectivity index (χ4n) is 3.65. The number of hydrogen-bond acceptors (Lipinski definition) is 6. The van der Waals surface area contributed by atoms with E-state index in [9.17, 15) is 9.18 Å². The topological polar surface area (TPSA) is 106 Å². The SMILES string of the molecule is CC.Cc1c(Oc2ccc(Nc3nccc4[nH]cc(-c5ccccc5)c(=O)c34)cc2F)ccnc1N. The standard InChI is InChI=1S/C26H20FN5O2.C2H6/c1-15-21(10-12-29-25(15)28)34-22-8-7-17(13-19(22)27)32-26-23-20(9-11-30-26)31-14-18(24(23)33)16-5-3-2-4-6-16;1-2/h2-14H,1H3,(H2,28,29)(H,30,32)(H,31,33);1-2H3. The molecule has 36 heavy (non-hydrogen) atoms. The first-order valence-corrected chi connectivity index (χ1v) is 11.5. The first-order chi connectivity index (χ1) is 17.5. The van der Waals surface area contributed by atoms with E-state index in [-0.39, 0.29) is 11.2 Å². The van der Waals surface area contributed by atoms with Crippen LogP contribution in [0.2, 0.25) is 0 Å². The monoisotopic (exact) mass is 483 g/mol. The maximum atomic E-state index is 14.8. The van der Waals surface area contributed by atoms with Crippen molar-refractivity contribution in [1.29, 1.82) is 0 Å². The number of nitrogens with one attached hydrogen (secondary N) is 2. The van der Waals surface area contributed by atoms with Gasteiger partial charge in [-0.3, -0.25) is 4.79 Å². The number of aromatic amines is 1. The second-order valence-corrected chi connectivity index (χ2v) is 7.67. The molecule has 0 amide bonds. The molecule has 0 saturated heterocycles. The van der Waals surface area contributed by atoms with Gasteiger partial charge in [-0.2, -0.15) is 0 Å². The minimum absolute atomic E-state index is 0.0364. The molecule has 0 atom stereocenters. The van der Waals surface area contributed by atoms with Crippen molar-refractivity contribution in [2.24, 2.45) is 0 Å². The van der Waals surface area contributed by atoms with Crippen LogP contribution < -0.4 is 21.2 Å². The van der Waals surface area contributed by atoms with Crippen molar-refractivity contribution < 1.29 is 9.13 Å². The highest BCUT2D eigenvalue weighted by atomic mass is 19.1. The third kappa shape index (κ3) is 4.88. The molecule has 4 N–H and O–H groups in total. The molecule has 182 valence electrons. The zero-order chi connectivity index (χ0) is 25.7. The van der Waals surface area contributed by atoms with Crippen molar-refractivity contribution in [3.63, 3.8) is 0 Å². The van der Waals surface area contributed by atoms with Gasteiger partial charge >= 0.3 is 0 Å². The van der Waals surface area contributed by atoms with Crippen LogP contribution in [0.5, 0.6) is 11.5 Å². The number of nitrogen functional groups attached to an aromatic ring is 1. The van der Waals surface area contributed by atoms with E-state index < -0.39 is 5.82 Å². The number of hydrogen-bond donors (Lipinski definition) is 3. The summed E-state index contributed by atoms with van der Waals surface area (Å²) in [4.78, 5) is 24.8. The van der Waals surface area contributed by atoms with Crippen LogP contribution >= 0.6 is 0 Å². The fourth-order valence-corrected chi connectivity index (χ4v) is 3.65. The number of benzene rings is 2. The summed E-state index contributed by atoms with van der Waals surface area (Å²) in [6, 6.07) is 17.1. The summed E-state index contributed by atoms with van der Waals surface area (Å²) >= 11 is 0. The van der Waals surface area contributed by atoms with Crippen LogP contribution in [0.25, 0.3) is 22.0 Å². The van der Waals surface area contributed by atoms with Crippen molar-refractivity contribution in [2.45, 2.75) is 20.8 Å². The van der Waals surface area contributed by atoms with Gasteiger partial charge in [-0.25, -0.2) is 14.4 Å². The summed E-state index contributed by atoms with van der Waals surface area (Å²) in [6.45, 7) is 5.75. The maximum Gasteiger partial charge on any atom is 0.200 e. The van der Waals surface area contributed by atoms with Crippen LogP contribution in [0.4, 0.5) is 21.7 Å². The molecule has 0 fully saturated rings. The molecule has 5 aromatic rings. The normalized spacial score (nSPS) is 10.4. The largest absolute Gasteiger partial charge is 0.454 e. The van der Waals surface area contributed by atoms with Gasteiger partial charge in [-0.15, -0.1) is 0 Å². The minimum Gasteiger partial charge on any atom is -0.454 e. The summed E-state index contributed by atoms with van der Waals surface area (Å²) in [7, 11) is 0. The highest BCUT2D eigenvalue weighted by molar-refractivity contribution is 5.93. The molecule has 0 aliphatic heterocycles. The quantitative estimate of drug-likeness (QED) is 0.261. The third-order valence-corrected chi connectivity index (χ3v) is 5.49. The second-order valence-electron chi connectivity index (χ2n) is 7.67. The molecule has 3 aromatic heterocycles. The Kier molecular flexibility index (Phi) is 7.25. The number of rotatable bonds is 5. The van der Waals surface area contributed by atoms with E-state index in [1.165, 1.54) is 18.3 Å². The van der Waals surface area contributed by atoms with Gasteiger partial charge in [0.25, 0.3) is 0 Å². The minimum atomic E-state index is -0.584. The molecule has 0 radical (unpaired) electrons. The van der Waals surface area contributed by atoms with Gasteiger partial charge in [0, 0.05) is 41.5 Å². The number of anilines is 3. The average Bonchev–Trinajstić information content (AvgIpc) is 2.90. The molecule has 0 aliphatic rings. The molecule has 0 bridgehead atoms. The predicted molar refractivity (Wildman–Crippen MR) is 142 cm³/mol. The van der Waals surface area contributed by atoms with Gasteiger partial charge in [-0.1, -0.05) is 44.2 Å². The van der Waals surface area contributed by atoms with Crippen LogP contribution in [-0.2, 0) is 0 Å². The van der Waals surface area contributed by atoms with E-state index >= 15 is 0 Å². The number of nitrogens with zero attached hydrogens (tertiary/aromatic N) is 2. The lowest BCUT2D eigenvalue weighted by Gasteiger charge is -2.13. The molecule has 0 spiro atoms. The lowest BCUT2D eigenvalue weighted by atomic mass is 10.1. The number of halogens is 1. The Morgan fingerprint density at radius 1 is 0.972 bits per heavy atom. The van der Waals surface area contributed by atoms with Crippen LogP contribution in [0.1, 0.15) is 19.4 Å². The van der Waals surface area contributed by atoms with Gasteiger partial charge in [0.05, 0.1) is 10.9 Å². The summed E-state index contributed by atoms with van der Waals surface area (Å²) in [5.74, 6) is 0.511. The summed E-state index contributed by atoms with van der Waals surface area (Å²) < 4.78 is 20.5. The second kappa shape index (κ2) is 10.7. The van der Waals surface area contributed by atoms with Crippen molar-refractivity contribution in [2.75, 3.05) is 11.1 Å². The van der Waals surface area contributed by atoms with Crippen molar-refractivity contribution >= 4 is 28.2 Å². The van der Waals surface area contributed by atoms with Gasteiger partial charge < -0.3 is 20.8 Å². The first kappa shape index (κ1) is 24.4. The lowest BCUT2D eigenvalue weighted by Crippen LogP contribution is -2.10. The Labute approximate surface area is 207 Å². The number of fused-ring (bicyclic) bond motifs is 1.